The van der Waals surface area contributed by atoms with Crippen molar-refractivity contribution >= 4 is 28.6 Å². The number of para-hydroxylation sites is 1. The molecule has 1 saturated carbocycles. The quantitative estimate of drug-likeness (QED) is 0.498. The van der Waals surface area contributed by atoms with Crippen LogP contribution in [0.4, 0.5) is 0 Å². The zero-order valence-corrected chi connectivity index (χ0v) is 16.4. The average Bonchev–Trinajstić information content (AvgIpc) is 3.46. The maximum Gasteiger partial charge on any atom is 0.262 e. The molecule has 2 heterocycles. The Morgan fingerprint density at radius 3 is 2.86 bits per heavy atom. The fourth-order valence-electron chi connectivity index (χ4n) is 3.31. The fourth-order valence-corrected chi connectivity index (χ4v) is 4.21. The zero-order valence-electron chi connectivity index (χ0n) is 15.6. The van der Waals surface area contributed by atoms with Crippen LogP contribution in [0.15, 0.2) is 52.4 Å². The first kappa shape index (κ1) is 18.1. The van der Waals surface area contributed by atoms with Crippen molar-refractivity contribution in [2.75, 3.05) is 12.5 Å². The molecule has 8 heteroatoms. The summed E-state index contributed by atoms with van der Waals surface area (Å²) in [4.78, 5) is 29.9. The number of hydrogen-bond acceptors (Lipinski definition) is 6. The van der Waals surface area contributed by atoms with Gasteiger partial charge in [0.05, 0.1) is 16.7 Å². The molecule has 1 amide bonds. The molecule has 1 aromatic heterocycles. The molecule has 1 N–H and O–H groups in total. The maximum absolute atomic E-state index is 12.9. The van der Waals surface area contributed by atoms with Crippen molar-refractivity contribution in [2.24, 2.45) is 0 Å². The summed E-state index contributed by atoms with van der Waals surface area (Å²) in [6.45, 7) is 0.625. The molecule has 2 aliphatic rings. The Balaban J connectivity index is 1.27. The largest absolute Gasteiger partial charge is 0.454 e. The molecule has 3 aromatic rings. The molecule has 1 aliphatic carbocycles. The second-order valence-electron chi connectivity index (χ2n) is 7.07. The Kier molecular flexibility index (Phi) is 4.63. The number of ether oxygens (including phenoxy) is 2. The maximum atomic E-state index is 12.9. The van der Waals surface area contributed by atoms with Gasteiger partial charge in [0.2, 0.25) is 12.7 Å². The van der Waals surface area contributed by atoms with E-state index in [1.807, 2.05) is 36.4 Å². The second kappa shape index (κ2) is 7.44. The highest BCUT2D eigenvalue weighted by atomic mass is 32.2. The predicted octanol–water partition coefficient (Wildman–Crippen LogP) is 2.87. The Morgan fingerprint density at radius 2 is 2.00 bits per heavy atom. The van der Waals surface area contributed by atoms with Gasteiger partial charge in [-0.15, -0.1) is 0 Å². The number of nitrogens with zero attached hydrogens (tertiary/aromatic N) is 2. The first-order valence-electron chi connectivity index (χ1n) is 9.48. The highest BCUT2D eigenvalue weighted by Crippen LogP contribution is 2.37. The number of amides is 1. The summed E-state index contributed by atoms with van der Waals surface area (Å²) in [5.74, 6) is 1.50. The summed E-state index contributed by atoms with van der Waals surface area (Å²) in [6, 6.07) is 13.1. The number of carbonyl (C=O) groups is 1. The Hall–Kier alpha value is -3.00. The van der Waals surface area contributed by atoms with Crippen molar-refractivity contribution in [1.82, 2.24) is 14.9 Å². The Labute approximate surface area is 171 Å². The number of benzene rings is 2. The molecule has 5 rings (SSSR count). The lowest BCUT2D eigenvalue weighted by Crippen LogP contribution is -2.26. The number of carbonyl (C=O) groups excluding carboxylic acids is 1. The summed E-state index contributed by atoms with van der Waals surface area (Å²) in [6.07, 6.45) is 1.95. The van der Waals surface area contributed by atoms with Gasteiger partial charge >= 0.3 is 0 Å². The van der Waals surface area contributed by atoms with Crippen LogP contribution in [-0.4, -0.2) is 28.0 Å². The van der Waals surface area contributed by atoms with Crippen molar-refractivity contribution < 1.29 is 14.3 Å². The van der Waals surface area contributed by atoms with Crippen molar-refractivity contribution in [3.63, 3.8) is 0 Å². The van der Waals surface area contributed by atoms with E-state index in [2.05, 4.69) is 10.3 Å². The van der Waals surface area contributed by atoms with Gasteiger partial charge in [-0.05, 0) is 42.7 Å². The minimum atomic E-state index is -0.113. The Morgan fingerprint density at radius 1 is 1.17 bits per heavy atom. The van der Waals surface area contributed by atoms with Gasteiger partial charge in [0.25, 0.3) is 5.56 Å². The van der Waals surface area contributed by atoms with Crippen LogP contribution in [0.1, 0.15) is 24.4 Å². The molecule has 2 aromatic carbocycles. The normalized spacial score (nSPS) is 14.9. The van der Waals surface area contributed by atoms with Gasteiger partial charge in [-0.1, -0.05) is 30.0 Å². The predicted molar refractivity (Wildman–Crippen MR) is 109 cm³/mol. The van der Waals surface area contributed by atoms with Crippen LogP contribution < -0.4 is 20.3 Å². The van der Waals surface area contributed by atoms with Gasteiger partial charge in [-0.3, -0.25) is 14.2 Å². The molecular weight excluding hydrogens is 390 g/mol. The van der Waals surface area contributed by atoms with Crippen LogP contribution in [0.3, 0.4) is 0 Å². The molecule has 0 atom stereocenters. The second-order valence-corrected chi connectivity index (χ2v) is 8.01. The molecule has 0 radical (unpaired) electrons. The lowest BCUT2D eigenvalue weighted by Gasteiger charge is -2.12. The third-order valence-corrected chi connectivity index (χ3v) is 5.90. The van der Waals surface area contributed by atoms with Gasteiger partial charge in [-0.2, -0.15) is 0 Å². The topological polar surface area (TPSA) is 82.5 Å². The lowest BCUT2D eigenvalue weighted by atomic mass is 10.2. The van der Waals surface area contributed by atoms with Gasteiger partial charge in [0.1, 0.15) is 0 Å². The molecule has 0 spiro atoms. The van der Waals surface area contributed by atoms with Crippen molar-refractivity contribution in [2.45, 2.75) is 30.6 Å². The third kappa shape index (κ3) is 3.67. The highest BCUT2D eigenvalue weighted by Gasteiger charge is 2.28. The lowest BCUT2D eigenvalue weighted by molar-refractivity contribution is -0.118. The van der Waals surface area contributed by atoms with Crippen molar-refractivity contribution in [3.8, 4) is 11.5 Å². The van der Waals surface area contributed by atoms with Gasteiger partial charge in [0, 0.05) is 12.6 Å². The standard InChI is InChI=1S/C21H19N3O4S/c25-19(22-10-13-5-8-17-18(9-13)28-12-27-17)11-29-21-23-16-4-2-1-3-15(16)20(26)24(21)14-6-7-14/h1-5,8-9,14H,6-7,10-12H2,(H,22,25). The van der Waals surface area contributed by atoms with Crippen LogP contribution in [0.2, 0.25) is 0 Å². The molecule has 0 unspecified atom stereocenters. The van der Waals surface area contributed by atoms with Crippen LogP contribution in [0.25, 0.3) is 10.9 Å². The van der Waals surface area contributed by atoms with E-state index in [4.69, 9.17) is 9.47 Å². The fraction of sp³-hybridized carbons (Fsp3) is 0.286. The van der Waals surface area contributed by atoms with E-state index in [0.717, 1.165) is 24.2 Å². The van der Waals surface area contributed by atoms with Crippen LogP contribution in [0.5, 0.6) is 11.5 Å². The number of hydrogen-bond donors (Lipinski definition) is 1. The Bertz CT molecular complexity index is 1160. The summed E-state index contributed by atoms with van der Waals surface area (Å²) >= 11 is 1.30. The average molecular weight is 409 g/mol. The molecule has 1 aliphatic heterocycles. The zero-order chi connectivity index (χ0) is 19.8. The van der Waals surface area contributed by atoms with Gasteiger partial charge in [0.15, 0.2) is 16.7 Å². The summed E-state index contributed by atoms with van der Waals surface area (Å²) < 4.78 is 12.4. The molecule has 0 bridgehead atoms. The third-order valence-electron chi connectivity index (χ3n) is 4.95. The van der Waals surface area contributed by atoms with E-state index in [-0.39, 0.29) is 30.1 Å². The van der Waals surface area contributed by atoms with Gasteiger partial charge in [-0.25, -0.2) is 4.98 Å². The first-order chi connectivity index (χ1) is 14.2. The highest BCUT2D eigenvalue weighted by molar-refractivity contribution is 7.99. The smallest absolute Gasteiger partial charge is 0.262 e. The molecule has 7 nitrogen and oxygen atoms in total. The van der Waals surface area contributed by atoms with E-state index in [1.165, 1.54) is 11.8 Å². The van der Waals surface area contributed by atoms with E-state index in [0.29, 0.717) is 28.4 Å². The molecular formula is C21H19N3O4S. The molecule has 29 heavy (non-hydrogen) atoms. The summed E-state index contributed by atoms with van der Waals surface area (Å²) in [5, 5.41) is 4.13. The monoisotopic (exact) mass is 409 g/mol. The van der Waals surface area contributed by atoms with E-state index >= 15 is 0 Å². The van der Waals surface area contributed by atoms with Crippen molar-refractivity contribution in [3.05, 3.63) is 58.4 Å². The SMILES string of the molecule is O=C(CSc1nc2ccccc2c(=O)n1C1CC1)NCc1ccc2c(c1)OCO2. The van der Waals surface area contributed by atoms with E-state index in [9.17, 15) is 9.59 Å². The molecule has 148 valence electrons. The first-order valence-corrected chi connectivity index (χ1v) is 10.5. The van der Waals surface area contributed by atoms with E-state index in [1.54, 1.807) is 10.6 Å². The number of nitrogens with one attached hydrogen (secondary N) is 1. The number of aromatic nitrogens is 2. The van der Waals surface area contributed by atoms with Crippen LogP contribution in [-0.2, 0) is 11.3 Å². The summed E-state index contributed by atoms with van der Waals surface area (Å²) in [7, 11) is 0. The number of rotatable bonds is 6. The van der Waals surface area contributed by atoms with Crippen molar-refractivity contribution in [1.29, 1.82) is 0 Å². The minimum Gasteiger partial charge on any atom is -0.454 e. The number of thioether (sulfide) groups is 1. The molecule has 1 fully saturated rings. The molecule has 0 saturated heterocycles. The van der Waals surface area contributed by atoms with E-state index < -0.39 is 0 Å². The minimum absolute atomic E-state index is 0.0265. The summed E-state index contributed by atoms with van der Waals surface area (Å²) in [5.41, 5.74) is 1.57. The van der Waals surface area contributed by atoms with Crippen LogP contribution >= 0.6 is 11.8 Å². The van der Waals surface area contributed by atoms with Crippen LogP contribution in [0, 0.1) is 0 Å². The number of fused-ring (bicyclic) bond motifs is 2. The van der Waals surface area contributed by atoms with Gasteiger partial charge < -0.3 is 14.8 Å².